The van der Waals surface area contributed by atoms with E-state index < -0.39 is 5.91 Å². The van der Waals surface area contributed by atoms with Gasteiger partial charge in [-0.25, -0.2) is 0 Å². The molecule has 2 aromatic rings. The molecule has 0 unspecified atom stereocenters. The molecule has 0 aliphatic rings. The van der Waals surface area contributed by atoms with Crippen LogP contribution in [0.2, 0.25) is 0 Å². The average molecular weight is 402 g/mol. The van der Waals surface area contributed by atoms with Crippen molar-refractivity contribution in [1.82, 2.24) is 0 Å². The van der Waals surface area contributed by atoms with Gasteiger partial charge in [-0.15, -0.1) is 0 Å². The van der Waals surface area contributed by atoms with E-state index in [0.717, 1.165) is 5.22 Å². The number of fused-ring (bicyclic) bond motifs is 1. The molecule has 0 aliphatic heterocycles. The monoisotopic (exact) mass is 401 g/mol. The van der Waals surface area contributed by atoms with E-state index in [1.807, 2.05) is 25.2 Å². The SMILES string of the molecule is C=C\C=c1c(=C(\C)O)/c(=C(\O)C=C)c(=C\C)/c2c(C(N)=O)cc(=C)/c(=C\C=C/C)c/12. The normalized spacial score (nSPS) is 15.6. The maximum atomic E-state index is 12.4. The van der Waals surface area contributed by atoms with Crippen LogP contribution >= 0.6 is 0 Å². The molecule has 2 aromatic carbocycles. The highest BCUT2D eigenvalue weighted by atomic mass is 16.3. The zero-order valence-electron chi connectivity index (χ0n) is 17.6. The Kier molecular flexibility index (Phi) is 6.85. The number of carbonyl (C=O) groups is 1. The standard InChI is InChI=1S/C26H27NO3/c1-7-11-13-18-15(5)14-20(26(27)30)23-17(9-3)25(21(29)10-4)22(16(6)28)19(12-8-2)24(18)23/h7-14,28-29H,2,4-5H2,1,3,6H3,(H2,27,30)/b11-7-,17-9-,18-13+,19-12+,22-16-,25-21-. The van der Waals surface area contributed by atoms with Crippen molar-refractivity contribution in [3.63, 3.8) is 0 Å². The van der Waals surface area contributed by atoms with Crippen molar-refractivity contribution in [1.29, 1.82) is 0 Å². The van der Waals surface area contributed by atoms with Crippen LogP contribution in [0.15, 0.2) is 43.5 Å². The number of aliphatic hydroxyl groups is 2. The predicted molar refractivity (Wildman–Crippen MR) is 128 cm³/mol. The van der Waals surface area contributed by atoms with Gasteiger partial charge in [0.05, 0.1) is 5.76 Å². The minimum Gasteiger partial charge on any atom is -0.512 e. The number of allylic oxidation sites excluding steroid dienone is 3. The fourth-order valence-electron chi connectivity index (χ4n) is 3.73. The molecule has 0 spiro atoms. The number of benzene rings is 2. The van der Waals surface area contributed by atoms with Gasteiger partial charge >= 0.3 is 0 Å². The molecular formula is C26H27NO3. The van der Waals surface area contributed by atoms with Gasteiger partial charge in [0.1, 0.15) is 5.76 Å². The number of hydrogen-bond donors (Lipinski definition) is 3. The summed E-state index contributed by atoms with van der Waals surface area (Å²) < 4.78 is 0. The molecule has 0 heterocycles. The zero-order chi connectivity index (χ0) is 22.6. The smallest absolute Gasteiger partial charge is 0.249 e. The molecule has 154 valence electrons. The first-order valence-corrected chi connectivity index (χ1v) is 9.50. The minimum atomic E-state index is -0.614. The first-order valence-electron chi connectivity index (χ1n) is 9.50. The summed E-state index contributed by atoms with van der Waals surface area (Å²) in [5, 5.41) is 25.9. The number of carbonyl (C=O) groups excluding carboxylic acids is 1. The molecule has 0 bridgehead atoms. The van der Waals surface area contributed by atoms with Crippen molar-refractivity contribution in [3.05, 3.63) is 80.4 Å². The Bertz CT molecular complexity index is 1450. The molecule has 0 atom stereocenters. The molecule has 0 aliphatic carbocycles. The summed E-state index contributed by atoms with van der Waals surface area (Å²) in [5.74, 6) is -0.736. The van der Waals surface area contributed by atoms with Crippen LogP contribution in [-0.2, 0) is 0 Å². The van der Waals surface area contributed by atoms with E-state index in [9.17, 15) is 15.0 Å². The fraction of sp³-hybridized carbons (Fsp3) is 0.115. The quantitative estimate of drug-likeness (QED) is 0.715. The third-order valence-corrected chi connectivity index (χ3v) is 4.89. The van der Waals surface area contributed by atoms with E-state index in [1.54, 1.807) is 38.1 Å². The molecule has 30 heavy (non-hydrogen) atoms. The lowest BCUT2D eigenvalue weighted by molar-refractivity contribution is 0.100. The van der Waals surface area contributed by atoms with Gasteiger partial charge < -0.3 is 15.9 Å². The summed E-state index contributed by atoms with van der Waals surface area (Å²) in [7, 11) is 0. The Morgan fingerprint density at radius 3 is 2.17 bits per heavy atom. The van der Waals surface area contributed by atoms with E-state index in [0.29, 0.717) is 36.9 Å². The molecule has 1 amide bonds. The van der Waals surface area contributed by atoms with Crippen molar-refractivity contribution in [3.8, 4) is 0 Å². The lowest BCUT2D eigenvalue weighted by atomic mass is 9.92. The Morgan fingerprint density at radius 1 is 1.03 bits per heavy atom. The largest absolute Gasteiger partial charge is 0.512 e. The second kappa shape index (κ2) is 9.14. The molecule has 0 radical (unpaired) electrons. The first kappa shape index (κ1) is 22.5. The van der Waals surface area contributed by atoms with Gasteiger partial charge in [0.25, 0.3) is 0 Å². The fourth-order valence-corrected chi connectivity index (χ4v) is 3.73. The molecule has 0 fully saturated rings. The maximum Gasteiger partial charge on any atom is 0.249 e. The van der Waals surface area contributed by atoms with Crippen molar-refractivity contribution in [2.75, 3.05) is 0 Å². The van der Waals surface area contributed by atoms with E-state index in [2.05, 4.69) is 19.7 Å². The lowest BCUT2D eigenvalue weighted by Crippen LogP contribution is -2.53. The van der Waals surface area contributed by atoms with Crippen LogP contribution in [0.5, 0.6) is 0 Å². The van der Waals surface area contributed by atoms with Gasteiger partial charge in [0, 0.05) is 21.4 Å². The van der Waals surface area contributed by atoms with Crippen LogP contribution in [0.3, 0.4) is 0 Å². The Balaban J connectivity index is 3.85. The maximum absolute atomic E-state index is 12.4. The van der Waals surface area contributed by atoms with Crippen LogP contribution in [0.1, 0.15) is 31.1 Å². The average Bonchev–Trinajstić information content (AvgIpc) is 2.71. The van der Waals surface area contributed by atoms with Crippen LogP contribution < -0.4 is 37.0 Å². The third kappa shape index (κ3) is 3.72. The van der Waals surface area contributed by atoms with E-state index in [1.165, 1.54) is 6.08 Å². The summed E-state index contributed by atoms with van der Waals surface area (Å²) in [6.45, 7) is 16.8. The minimum absolute atomic E-state index is 0.00331. The Labute approximate surface area is 175 Å². The topological polar surface area (TPSA) is 83.6 Å². The Hall–Kier alpha value is -3.79. The van der Waals surface area contributed by atoms with Crippen LogP contribution in [0.25, 0.3) is 47.1 Å². The molecule has 4 nitrogen and oxygen atoms in total. The van der Waals surface area contributed by atoms with Gasteiger partial charge in [0.2, 0.25) is 5.91 Å². The summed E-state index contributed by atoms with van der Waals surface area (Å²) >= 11 is 0. The predicted octanol–water partition coefficient (Wildman–Crippen LogP) is 1.01. The Morgan fingerprint density at radius 2 is 1.70 bits per heavy atom. The molecule has 4 N–H and O–H groups in total. The number of amides is 1. The van der Waals surface area contributed by atoms with Crippen molar-refractivity contribution in [2.24, 2.45) is 5.73 Å². The highest BCUT2D eigenvalue weighted by molar-refractivity contribution is 6.07. The number of aliphatic hydroxyl groups excluding tert-OH is 2. The zero-order valence-corrected chi connectivity index (χ0v) is 17.6. The van der Waals surface area contributed by atoms with Gasteiger partial charge in [-0.3, -0.25) is 4.79 Å². The highest BCUT2D eigenvalue weighted by Gasteiger charge is 2.15. The van der Waals surface area contributed by atoms with E-state index in [-0.39, 0.29) is 17.1 Å². The molecular weight excluding hydrogens is 374 g/mol. The number of nitrogens with two attached hydrogens (primary N) is 1. The second-order valence-corrected chi connectivity index (χ2v) is 6.75. The van der Waals surface area contributed by atoms with E-state index in [4.69, 9.17) is 5.73 Å². The number of rotatable bonds is 4. The summed E-state index contributed by atoms with van der Waals surface area (Å²) in [6.07, 6.45) is 12.0. The van der Waals surface area contributed by atoms with E-state index >= 15 is 0 Å². The third-order valence-electron chi connectivity index (χ3n) is 4.89. The molecule has 4 heteroatoms. The first-order chi connectivity index (χ1) is 14.2. The van der Waals surface area contributed by atoms with Crippen LogP contribution in [0.4, 0.5) is 0 Å². The molecule has 0 saturated carbocycles. The van der Waals surface area contributed by atoms with Crippen LogP contribution in [0, 0.1) is 0 Å². The lowest BCUT2D eigenvalue weighted by Gasteiger charge is -2.11. The van der Waals surface area contributed by atoms with Crippen LogP contribution in [-0.4, -0.2) is 16.1 Å². The number of primary amides is 1. The van der Waals surface area contributed by atoms with Gasteiger partial charge in [0.15, 0.2) is 0 Å². The highest BCUT2D eigenvalue weighted by Crippen LogP contribution is 2.06. The summed E-state index contributed by atoms with van der Waals surface area (Å²) in [4.78, 5) is 12.4. The molecule has 0 saturated heterocycles. The van der Waals surface area contributed by atoms with Gasteiger partial charge in [-0.2, -0.15) is 0 Å². The van der Waals surface area contributed by atoms with Gasteiger partial charge in [-0.1, -0.05) is 56.2 Å². The number of hydrogen-bond acceptors (Lipinski definition) is 3. The van der Waals surface area contributed by atoms with Crippen molar-refractivity contribution in [2.45, 2.75) is 20.8 Å². The van der Waals surface area contributed by atoms with Gasteiger partial charge in [-0.05, 0) is 59.2 Å². The van der Waals surface area contributed by atoms with Crippen molar-refractivity contribution < 1.29 is 15.0 Å². The molecule has 0 aromatic heterocycles. The summed E-state index contributed by atoms with van der Waals surface area (Å²) in [6, 6.07) is 1.65. The second-order valence-electron chi connectivity index (χ2n) is 6.75. The summed E-state index contributed by atoms with van der Waals surface area (Å²) in [5.41, 5.74) is 6.00. The molecule has 2 rings (SSSR count). The van der Waals surface area contributed by atoms with Crippen molar-refractivity contribution >= 4 is 53.0 Å².